The third-order valence-corrected chi connectivity index (χ3v) is 8.54. The van der Waals surface area contributed by atoms with E-state index in [9.17, 15) is 9.59 Å². The smallest absolute Gasteiger partial charge is 0.239 e. The van der Waals surface area contributed by atoms with Gasteiger partial charge in [-0.3, -0.25) is 9.59 Å². The first-order chi connectivity index (χ1) is 19.0. The highest BCUT2D eigenvalue weighted by Gasteiger charge is 2.36. The first-order valence-corrected chi connectivity index (χ1v) is 13.8. The van der Waals surface area contributed by atoms with Crippen molar-refractivity contribution >= 4 is 52.3 Å². The van der Waals surface area contributed by atoms with Crippen molar-refractivity contribution in [1.29, 1.82) is 0 Å². The number of likely N-dealkylation sites (N-methyl/N-ethyl adjacent to an activating group) is 1. The van der Waals surface area contributed by atoms with Crippen LogP contribution in [-0.4, -0.2) is 52.6 Å². The van der Waals surface area contributed by atoms with Gasteiger partial charge in [0.1, 0.15) is 23.4 Å². The van der Waals surface area contributed by atoms with Crippen LogP contribution in [0.2, 0.25) is 10.0 Å². The molecule has 3 heterocycles. The molecule has 4 N–H and O–H groups in total. The molecule has 1 aliphatic heterocycles. The number of aromatic nitrogens is 3. The molecule has 9 nitrogen and oxygen atoms in total. The van der Waals surface area contributed by atoms with Gasteiger partial charge in [0.2, 0.25) is 11.8 Å². The Balaban J connectivity index is 1.78. The lowest BCUT2D eigenvalue weighted by Gasteiger charge is -2.38. The van der Waals surface area contributed by atoms with E-state index < -0.39 is 17.4 Å². The van der Waals surface area contributed by atoms with E-state index in [0.29, 0.717) is 53.1 Å². The number of amides is 2. The van der Waals surface area contributed by atoms with Crippen molar-refractivity contribution in [3.8, 4) is 22.4 Å². The first-order valence-electron chi connectivity index (χ1n) is 13.0. The van der Waals surface area contributed by atoms with Crippen molar-refractivity contribution in [2.24, 2.45) is 16.9 Å². The monoisotopic (exact) mass is 579 g/mol. The van der Waals surface area contributed by atoms with Crippen LogP contribution in [0.15, 0.2) is 54.6 Å². The summed E-state index contributed by atoms with van der Waals surface area (Å²) < 4.78 is 1.81. The van der Waals surface area contributed by atoms with Crippen molar-refractivity contribution in [1.82, 2.24) is 14.6 Å². The lowest BCUT2D eigenvalue weighted by atomic mass is 9.80. The standard InChI is InChI=1S/C29H31Cl2N7O2/c1-17(26(32)39)36(3)22-16-23(37-14-12-29(2,13-15-37)28(33)40)38-27(34-22)24(18-8-10-19(30)11-9-18)25(35-38)20-6-4-5-7-21(20)31/h4-11,16-17H,12-15H2,1-3H3,(H2,32,39)(H2,33,40)/t17-/m0/s1. The Labute approximate surface area is 242 Å². The Morgan fingerprint density at radius 2 is 1.70 bits per heavy atom. The van der Waals surface area contributed by atoms with Gasteiger partial charge in [0.25, 0.3) is 0 Å². The number of rotatable bonds is 7. The predicted molar refractivity (Wildman–Crippen MR) is 160 cm³/mol. The van der Waals surface area contributed by atoms with Gasteiger partial charge in [-0.25, -0.2) is 4.98 Å². The van der Waals surface area contributed by atoms with Crippen LogP contribution in [0.25, 0.3) is 28.0 Å². The maximum absolute atomic E-state index is 12.1. The average Bonchev–Trinajstić information content (AvgIpc) is 3.32. The van der Waals surface area contributed by atoms with E-state index in [1.165, 1.54) is 0 Å². The fourth-order valence-corrected chi connectivity index (χ4v) is 5.34. The number of hydrogen-bond acceptors (Lipinski definition) is 6. The van der Waals surface area contributed by atoms with Crippen LogP contribution in [0.3, 0.4) is 0 Å². The van der Waals surface area contributed by atoms with Crippen LogP contribution < -0.4 is 21.3 Å². The second kappa shape index (κ2) is 10.6. The van der Waals surface area contributed by atoms with Gasteiger partial charge in [-0.05, 0) is 43.5 Å². The summed E-state index contributed by atoms with van der Waals surface area (Å²) in [7, 11) is 1.78. The molecule has 2 amide bonds. The highest BCUT2D eigenvalue weighted by Crippen LogP contribution is 2.41. The molecule has 11 heteroatoms. The predicted octanol–water partition coefficient (Wildman–Crippen LogP) is 4.77. The summed E-state index contributed by atoms with van der Waals surface area (Å²) in [6.07, 6.45) is 1.19. The van der Waals surface area contributed by atoms with E-state index in [0.717, 1.165) is 22.5 Å². The number of primary amides is 2. The molecule has 5 rings (SSSR count). The lowest BCUT2D eigenvalue weighted by Crippen LogP contribution is -2.46. The molecule has 0 radical (unpaired) electrons. The number of carbonyl (C=O) groups is 2. The summed E-state index contributed by atoms with van der Waals surface area (Å²) in [6, 6.07) is 16.3. The molecule has 4 aromatic rings. The zero-order valence-electron chi connectivity index (χ0n) is 22.6. The molecule has 0 aliphatic carbocycles. The van der Waals surface area contributed by atoms with Crippen LogP contribution in [0.1, 0.15) is 26.7 Å². The zero-order chi connectivity index (χ0) is 28.8. The Bertz CT molecular complexity index is 1590. The van der Waals surface area contributed by atoms with Crippen molar-refractivity contribution in [2.75, 3.05) is 29.9 Å². The van der Waals surface area contributed by atoms with Gasteiger partial charge in [0.15, 0.2) is 5.65 Å². The second-order valence-corrected chi connectivity index (χ2v) is 11.4. The summed E-state index contributed by atoms with van der Waals surface area (Å²) in [5.41, 5.74) is 14.4. The minimum absolute atomic E-state index is 0.298. The molecular formula is C29H31Cl2N7O2. The van der Waals surface area contributed by atoms with Gasteiger partial charge in [-0.15, -0.1) is 0 Å². The van der Waals surface area contributed by atoms with E-state index in [-0.39, 0.29) is 5.91 Å². The molecule has 1 atom stereocenters. The Morgan fingerprint density at radius 1 is 1.05 bits per heavy atom. The highest BCUT2D eigenvalue weighted by atomic mass is 35.5. The van der Waals surface area contributed by atoms with Gasteiger partial charge in [-0.2, -0.15) is 9.61 Å². The second-order valence-electron chi connectivity index (χ2n) is 10.5. The first kappa shape index (κ1) is 27.7. The zero-order valence-corrected chi connectivity index (χ0v) is 24.1. The van der Waals surface area contributed by atoms with Crippen LogP contribution in [0.5, 0.6) is 0 Å². The minimum Gasteiger partial charge on any atom is -0.369 e. The number of hydrogen-bond donors (Lipinski definition) is 2. The fourth-order valence-electron chi connectivity index (χ4n) is 4.98. The van der Waals surface area contributed by atoms with Gasteiger partial charge in [-0.1, -0.05) is 60.5 Å². The third-order valence-electron chi connectivity index (χ3n) is 7.96. The maximum Gasteiger partial charge on any atom is 0.239 e. The number of fused-ring (bicyclic) bond motifs is 1. The molecule has 40 heavy (non-hydrogen) atoms. The number of benzene rings is 2. The summed E-state index contributed by atoms with van der Waals surface area (Å²) in [5.74, 6) is 0.554. The Kier molecular flexibility index (Phi) is 7.37. The summed E-state index contributed by atoms with van der Waals surface area (Å²) >= 11 is 12.9. The topological polar surface area (TPSA) is 123 Å². The van der Waals surface area contributed by atoms with Crippen molar-refractivity contribution in [3.63, 3.8) is 0 Å². The molecule has 1 aliphatic rings. The molecular weight excluding hydrogens is 549 g/mol. The Morgan fingerprint density at radius 3 is 2.30 bits per heavy atom. The maximum atomic E-state index is 12.1. The summed E-state index contributed by atoms with van der Waals surface area (Å²) in [6.45, 7) is 4.82. The van der Waals surface area contributed by atoms with Crippen LogP contribution in [0, 0.1) is 5.41 Å². The van der Waals surface area contributed by atoms with Crippen molar-refractivity contribution < 1.29 is 9.59 Å². The van der Waals surface area contributed by atoms with E-state index >= 15 is 0 Å². The summed E-state index contributed by atoms with van der Waals surface area (Å²) in [5, 5.41) is 6.22. The molecule has 2 aromatic carbocycles. The lowest BCUT2D eigenvalue weighted by molar-refractivity contribution is -0.127. The average molecular weight is 581 g/mol. The molecule has 0 spiro atoms. The van der Waals surface area contributed by atoms with Gasteiger partial charge in [0, 0.05) is 42.2 Å². The number of halogens is 2. The van der Waals surface area contributed by atoms with Crippen LogP contribution >= 0.6 is 23.2 Å². The van der Waals surface area contributed by atoms with E-state index in [2.05, 4.69) is 4.90 Å². The van der Waals surface area contributed by atoms with Crippen LogP contribution in [0.4, 0.5) is 11.6 Å². The quantitative estimate of drug-likeness (QED) is 0.325. The van der Waals surface area contributed by atoms with Crippen molar-refractivity contribution in [2.45, 2.75) is 32.7 Å². The molecule has 2 aromatic heterocycles. The molecule has 0 unspecified atom stereocenters. The SMILES string of the molecule is C[C@@H](C(N)=O)N(C)c1cc(N2CCC(C)(C(N)=O)CC2)n2nc(-c3ccccc3Cl)c(-c3ccc(Cl)cc3)c2n1. The summed E-state index contributed by atoms with van der Waals surface area (Å²) in [4.78, 5) is 33.2. The molecule has 1 saturated heterocycles. The van der Waals surface area contributed by atoms with E-state index in [1.54, 1.807) is 18.9 Å². The highest BCUT2D eigenvalue weighted by molar-refractivity contribution is 6.33. The third kappa shape index (κ3) is 4.95. The largest absolute Gasteiger partial charge is 0.369 e. The number of nitrogens with zero attached hydrogens (tertiary/aromatic N) is 5. The number of carbonyl (C=O) groups excluding carboxylic acids is 2. The van der Waals surface area contributed by atoms with Crippen LogP contribution in [-0.2, 0) is 9.59 Å². The molecule has 0 saturated carbocycles. The Hall–Kier alpha value is -3.82. The normalized spacial score (nSPS) is 15.7. The number of anilines is 2. The van der Waals surface area contributed by atoms with Gasteiger partial charge in [0.05, 0.1) is 10.6 Å². The van der Waals surface area contributed by atoms with E-state index in [4.69, 9.17) is 44.8 Å². The molecule has 0 bridgehead atoms. The molecule has 208 valence electrons. The van der Waals surface area contributed by atoms with Crippen molar-refractivity contribution in [3.05, 3.63) is 64.6 Å². The molecule has 1 fully saturated rings. The van der Waals surface area contributed by atoms with Gasteiger partial charge >= 0.3 is 0 Å². The number of nitrogens with two attached hydrogens (primary N) is 2. The van der Waals surface area contributed by atoms with Gasteiger partial charge < -0.3 is 21.3 Å². The minimum atomic E-state index is -0.604. The van der Waals surface area contributed by atoms with E-state index in [1.807, 2.05) is 66.0 Å². The fraction of sp³-hybridized carbons (Fsp3) is 0.310. The number of piperidine rings is 1.